The van der Waals surface area contributed by atoms with Crippen LogP contribution in [0.25, 0.3) is 0 Å². The van der Waals surface area contributed by atoms with Gasteiger partial charge in [-0.15, -0.1) is 0 Å². The summed E-state index contributed by atoms with van der Waals surface area (Å²) in [6, 6.07) is 0. The fourth-order valence-corrected chi connectivity index (χ4v) is 4.24. The molecule has 1 fully saturated rings. The molecule has 0 aromatic heterocycles. The highest BCUT2D eigenvalue weighted by molar-refractivity contribution is 5.76. The van der Waals surface area contributed by atoms with Gasteiger partial charge < -0.3 is 19.8 Å². The Labute approximate surface area is 164 Å². The summed E-state index contributed by atoms with van der Waals surface area (Å²) >= 11 is 0. The SMILES string of the molecule is CCCCC[C@H](O)/C=C/[C@@H]1[C@H]2CC(CCOCC(=O)N(C)C)=C[C@H]2C[C@H]1O. The van der Waals surface area contributed by atoms with Crippen LogP contribution < -0.4 is 0 Å². The van der Waals surface area contributed by atoms with Crippen LogP contribution in [0.15, 0.2) is 23.8 Å². The number of hydrogen-bond acceptors (Lipinski definition) is 4. The Hall–Kier alpha value is -1.17. The molecule has 2 aliphatic rings. The number of amides is 1. The van der Waals surface area contributed by atoms with Crippen LogP contribution in [-0.2, 0) is 9.53 Å². The second kappa shape index (κ2) is 11.0. The number of aliphatic hydroxyl groups is 2. The topological polar surface area (TPSA) is 70.0 Å². The van der Waals surface area contributed by atoms with Crippen molar-refractivity contribution in [3.63, 3.8) is 0 Å². The molecule has 1 amide bonds. The van der Waals surface area contributed by atoms with Gasteiger partial charge in [0.1, 0.15) is 6.61 Å². The molecule has 0 aromatic rings. The molecule has 5 heteroatoms. The van der Waals surface area contributed by atoms with E-state index in [1.165, 1.54) is 10.5 Å². The molecular weight excluding hydrogens is 342 g/mol. The number of hydrogen-bond donors (Lipinski definition) is 2. The van der Waals surface area contributed by atoms with Gasteiger partial charge in [0, 0.05) is 20.0 Å². The molecule has 0 aromatic carbocycles. The fraction of sp³-hybridized carbons (Fsp3) is 0.773. The van der Waals surface area contributed by atoms with Crippen LogP contribution in [0.5, 0.6) is 0 Å². The van der Waals surface area contributed by atoms with Crippen molar-refractivity contribution in [1.82, 2.24) is 4.90 Å². The summed E-state index contributed by atoms with van der Waals surface area (Å²) in [6.07, 6.45) is 12.3. The van der Waals surface area contributed by atoms with Gasteiger partial charge in [-0.3, -0.25) is 4.79 Å². The first-order chi connectivity index (χ1) is 12.9. The summed E-state index contributed by atoms with van der Waals surface area (Å²) in [5, 5.41) is 20.5. The molecule has 5 atom stereocenters. The van der Waals surface area contributed by atoms with E-state index in [2.05, 4.69) is 19.1 Å². The Bertz CT molecular complexity index is 528. The number of ether oxygens (including phenoxy) is 1. The Morgan fingerprint density at radius 2 is 2.19 bits per heavy atom. The van der Waals surface area contributed by atoms with Crippen molar-refractivity contribution in [3.05, 3.63) is 23.8 Å². The van der Waals surface area contributed by atoms with E-state index in [-0.39, 0.29) is 24.5 Å². The van der Waals surface area contributed by atoms with Gasteiger partial charge in [-0.1, -0.05) is 50.0 Å². The smallest absolute Gasteiger partial charge is 0.248 e. The van der Waals surface area contributed by atoms with E-state index in [1.54, 1.807) is 14.1 Å². The van der Waals surface area contributed by atoms with Gasteiger partial charge >= 0.3 is 0 Å². The summed E-state index contributed by atoms with van der Waals surface area (Å²) in [5.41, 5.74) is 1.37. The van der Waals surface area contributed by atoms with E-state index < -0.39 is 6.10 Å². The minimum Gasteiger partial charge on any atom is -0.392 e. The minimum absolute atomic E-state index is 0.0157. The van der Waals surface area contributed by atoms with Crippen molar-refractivity contribution in [1.29, 1.82) is 0 Å². The van der Waals surface area contributed by atoms with Crippen LogP contribution in [0.4, 0.5) is 0 Å². The lowest BCUT2D eigenvalue weighted by Crippen LogP contribution is -2.26. The molecule has 154 valence electrons. The first-order valence-electron chi connectivity index (χ1n) is 10.4. The predicted molar refractivity (Wildman–Crippen MR) is 107 cm³/mol. The first-order valence-corrected chi connectivity index (χ1v) is 10.4. The zero-order chi connectivity index (χ0) is 19.8. The average Bonchev–Trinajstić information content (AvgIpc) is 3.13. The predicted octanol–water partition coefficient (Wildman–Crippen LogP) is 2.92. The lowest BCUT2D eigenvalue weighted by molar-refractivity contribution is -0.133. The molecule has 27 heavy (non-hydrogen) atoms. The quantitative estimate of drug-likeness (QED) is 0.428. The Morgan fingerprint density at radius 1 is 1.41 bits per heavy atom. The number of aliphatic hydroxyl groups excluding tert-OH is 2. The third-order valence-electron chi connectivity index (χ3n) is 5.90. The van der Waals surface area contributed by atoms with Crippen LogP contribution in [0.3, 0.4) is 0 Å². The van der Waals surface area contributed by atoms with Crippen LogP contribution in [0.2, 0.25) is 0 Å². The van der Waals surface area contributed by atoms with Crippen LogP contribution in [0, 0.1) is 17.8 Å². The molecule has 2 aliphatic carbocycles. The van der Waals surface area contributed by atoms with E-state index in [9.17, 15) is 15.0 Å². The Kier molecular flexibility index (Phi) is 9.00. The average molecular weight is 380 g/mol. The van der Waals surface area contributed by atoms with Crippen LogP contribution in [0.1, 0.15) is 51.9 Å². The molecule has 0 aliphatic heterocycles. The molecule has 0 radical (unpaired) electrons. The number of unbranched alkanes of at least 4 members (excludes halogenated alkanes) is 2. The maximum absolute atomic E-state index is 11.5. The molecule has 0 spiro atoms. The van der Waals surface area contributed by atoms with Crippen molar-refractivity contribution in [2.75, 3.05) is 27.3 Å². The number of nitrogens with zero attached hydrogens (tertiary/aromatic N) is 1. The third-order valence-corrected chi connectivity index (χ3v) is 5.90. The second-order valence-corrected chi connectivity index (χ2v) is 8.28. The monoisotopic (exact) mass is 379 g/mol. The maximum atomic E-state index is 11.5. The number of allylic oxidation sites excluding steroid dienone is 1. The highest BCUT2D eigenvalue weighted by atomic mass is 16.5. The zero-order valence-electron chi connectivity index (χ0n) is 17.1. The fourth-order valence-electron chi connectivity index (χ4n) is 4.24. The van der Waals surface area contributed by atoms with Gasteiger partial charge in [-0.2, -0.15) is 0 Å². The second-order valence-electron chi connectivity index (χ2n) is 8.28. The number of likely N-dealkylation sites (N-methyl/N-ethyl adjacent to an activating group) is 1. The standard InChI is InChI=1S/C22H37NO4/c1-4-5-6-7-18(24)8-9-19-20-13-16(12-17(20)14-21(19)25)10-11-27-15-22(26)23(2)3/h8-9,12,17-21,24-25H,4-7,10-11,13-15H2,1-3H3/b9-8+/t17-,18-,19+,20-,21+/m0/s1. The van der Waals surface area contributed by atoms with Crippen LogP contribution >= 0.6 is 0 Å². The Morgan fingerprint density at radius 3 is 2.89 bits per heavy atom. The van der Waals surface area contributed by atoms with Gasteiger partial charge in [0.25, 0.3) is 0 Å². The zero-order valence-corrected chi connectivity index (χ0v) is 17.1. The minimum atomic E-state index is -0.403. The number of carbonyl (C=O) groups excluding carboxylic acids is 1. The van der Waals surface area contributed by atoms with Crippen molar-refractivity contribution >= 4 is 5.91 Å². The molecular formula is C22H37NO4. The van der Waals surface area contributed by atoms with Gasteiger partial charge in [0.05, 0.1) is 18.8 Å². The molecule has 5 nitrogen and oxygen atoms in total. The van der Waals surface area contributed by atoms with Crippen molar-refractivity contribution < 1.29 is 19.7 Å². The number of fused-ring (bicyclic) bond motifs is 1. The van der Waals surface area contributed by atoms with Gasteiger partial charge in [-0.25, -0.2) is 0 Å². The summed E-state index contributed by atoms with van der Waals surface area (Å²) in [6.45, 7) is 2.85. The summed E-state index contributed by atoms with van der Waals surface area (Å²) in [4.78, 5) is 13.1. The highest BCUT2D eigenvalue weighted by Gasteiger charge is 2.43. The molecule has 2 N–H and O–H groups in total. The van der Waals surface area contributed by atoms with E-state index in [1.807, 2.05) is 6.08 Å². The molecule has 1 saturated carbocycles. The lowest BCUT2D eigenvalue weighted by Gasteiger charge is -2.19. The highest BCUT2D eigenvalue weighted by Crippen LogP contribution is 2.47. The number of rotatable bonds is 11. The largest absolute Gasteiger partial charge is 0.392 e. The van der Waals surface area contributed by atoms with Crippen LogP contribution in [-0.4, -0.2) is 60.5 Å². The molecule has 0 unspecified atom stereocenters. The summed E-state index contributed by atoms with van der Waals surface area (Å²) < 4.78 is 5.49. The Balaban J connectivity index is 1.76. The van der Waals surface area contributed by atoms with E-state index in [0.29, 0.717) is 18.4 Å². The first kappa shape index (κ1) is 22.1. The van der Waals surface area contributed by atoms with E-state index in [0.717, 1.165) is 44.9 Å². The summed E-state index contributed by atoms with van der Waals surface area (Å²) in [7, 11) is 3.46. The molecule has 0 heterocycles. The molecule has 0 bridgehead atoms. The van der Waals surface area contributed by atoms with Gasteiger partial charge in [-0.05, 0) is 37.5 Å². The summed E-state index contributed by atoms with van der Waals surface area (Å²) in [5.74, 6) is 0.960. The maximum Gasteiger partial charge on any atom is 0.248 e. The van der Waals surface area contributed by atoms with E-state index >= 15 is 0 Å². The van der Waals surface area contributed by atoms with Gasteiger partial charge in [0.15, 0.2) is 0 Å². The van der Waals surface area contributed by atoms with Crippen molar-refractivity contribution in [2.45, 2.75) is 64.1 Å². The van der Waals surface area contributed by atoms with Crippen molar-refractivity contribution in [3.8, 4) is 0 Å². The van der Waals surface area contributed by atoms with E-state index in [4.69, 9.17) is 4.74 Å². The molecule has 2 rings (SSSR count). The van der Waals surface area contributed by atoms with Crippen molar-refractivity contribution in [2.24, 2.45) is 17.8 Å². The molecule has 0 saturated heterocycles. The lowest BCUT2D eigenvalue weighted by atomic mass is 9.88. The number of carbonyl (C=O) groups is 1. The third kappa shape index (κ3) is 6.74. The van der Waals surface area contributed by atoms with Gasteiger partial charge in [0.2, 0.25) is 5.91 Å². The normalized spacial score (nSPS) is 28.4.